The first-order valence-corrected chi connectivity index (χ1v) is 11.1. The van der Waals surface area contributed by atoms with Crippen LogP contribution < -0.4 is 15.0 Å². The van der Waals surface area contributed by atoms with Crippen molar-refractivity contribution in [3.05, 3.63) is 53.2 Å². The van der Waals surface area contributed by atoms with Gasteiger partial charge in [-0.15, -0.1) is 0 Å². The summed E-state index contributed by atoms with van der Waals surface area (Å²) in [5.41, 5.74) is 1.17. The van der Waals surface area contributed by atoms with Crippen LogP contribution in [0, 0.1) is 0 Å². The smallest absolute Gasteiger partial charge is 0.337 e. The van der Waals surface area contributed by atoms with Gasteiger partial charge < -0.3 is 30.3 Å². The van der Waals surface area contributed by atoms with E-state index in [-0.39, 0.29) is 36.0 Å². The molecule has 0 spiro atoms. The van der Waals surface area contributed by atoms with E-state index < -0.39 is 18.7 Å². The molecule has 1 aromatic heterocycles. The third-order valence-electron chi connectivity index (χ3n) is 6.58. The van der Waals surface area contributed by atoms with Crippen molar-refractivity contribution in [3.8, 4) is 5.75 Å². The third-order valence-corrected chi connectivity index (χ3v) is 6.58. The molecule has 33 heavy (non-hydrogen) atoms. The first-order chi connectivity index (χ1) is 15.9. The summed E-state index contributed by atoms with van der Waals surface area (Å²) in [6.45, 7) is -0.400. The number of aliphatic hydroxyl groups excluding tert-OH is 2. The Kier molecular flexibility index (Phi) is 6.80. The number of nitrogens with one attached hydrogen (secondary N) is 1. The number of aromatic carboxylic acids is 1. The second kappa shape index (κ2) is 9.76. The van der Waals surface area contributed by atoms with E-state index in [0.29, 0.717) is 16.9 Å². The molecule has 176 valence electrons. The first kappa shape index (κ1) is 23.0. The summed E-state index contributed by atoms with van der Waals surface area (Å²) in [6, 6.07) is 8.93. The number of carboxylic acid groups (broad SMARTS) is 1. The van der Waals surface area contributed by atoms with Crippen LogP contribution in [0.5, 0.6) is 5.75 Å². The van der Waals surface area contributed by atoms with Crippen LogP contribution in [0.1, 0.15) is 52.0 Å². The summed E-state index contributed by atoms with van der Waals surface area (Å²) in [5.74, 6) is 0.0453. The van der Waals surface area contributed by atoms with Gasteiger partial charge in [-0.2, -0.15) is 0 Å². The van der Waals surface area contributed by atoms with Gasteiger partial charge in [0, 0.05) is 41.9 Å². The second-order valence-corrected chi connectivity index (χ2v) is 8.67. The summed E-state index contributed by atoms with van der Waals surface area (Å²) in [6.07, 6.45) is 4.04. The van der Waals surface area contributed by atoms with Crippen molar-refractivity contribution in [1.82, 2.24) is 10.3 Å². The fourth-order valence-electron chi connectivity index (χ4n) is 5.08. The first-order valence-electron chi connectivity index (χ1n) is 11.1. The summed E-state index contributed by atoms with van der Waals surface area (Å²) >= 11 is 0. The van der Waals surface area contributed by atoms with Crippen LogP contribution in [0.2, 0.25) is 0 Å². The van der Waals surface area contributed by atoms with Crippen molar-refractivity contribution in [2.24, 2.45) is 0 Å². The Morgan fingerprint density at radius 1 is 1.21 bits per heavy atom. The topological polar surface area (TPSA) is 132 Å². The number of carbonyl (C=O) groups is 2. The number of carbonyl (C=O) groups excluding carboxylic acids is 1. The molecule has 1 amide bonds. The van der Waals surface area contributed by atoms with Crippen LogP contribution in [0.25, 0.3) is 0 Å². The molecule has 2 aliphatic rings. The predicted octanol–water partition coefficient (Wildman–Crippen LogP) is 1.61. The molecule has 0 radical (unpaired) electrons. The number of methoxy groups -OCH3 is 1. The SMILES string of the molecule is COc1cccc(C(=O)NC2CC3CCC(C2)N3c2ccc(C(=O)O)cn2)c1CC(O)CO. The minimum absolute atomic E-state index is 0.00800. The minimum Gasteiger partial charge on any atom is -0.496 e. The number of carboxylic acids is 1. The van der Waals surface area contributed by atoms with Crippen molar-refractivity contribution in [1.29, 1.82) is 0 Å². The van der Waals surface area contributed by atoms with E-state index in [1.54, 1.807) is 30.3 Å². The Bertz CT molecular complexity index is 998. The number of ether oxygens (including phenoxy) is 1. The number of pyridine rings is 1. The molecule has 3 heterocycles. The van der Waals surface area contributed by atoms with Gasteiger partial charge >= 0.3 is 5.97 Å². The lowest BCUT2D eigenvalue weighted by Gasteiger charge is -2.40. The number of piperidine rings is 1. The fraction of sp³-hybridized carbons (Fsp3) is 0.458. The number of rotatable bonds is 8. The van der Waals surface area contributed by atoms with Crippen LogP contribution in [0.3, 0.4) is 0 Å². The average Bonchev–Trinajstić information content (AvgIpc) is 3.09. The molecule has 3 unspecified atom stereocenters. The van der Waals surface area contributed by atoms with Gasteiger partial charge in [-0.25, -0.2) is 9.78 Å². The van der Waals surface area contributed by atoms with Gasteiger partial charge in [-0.1, -0.05) is 6.07 Å². The Balaban J connectivity index is 1.47. The molecule has 0 saturated carbocycles. The second-order valence-electron chi connectivity index (χ2n) is 8.67. The normalized spacial score (nSPS) is 22.6. The Hall–Kier alpha value is -3.17. The lowest BCUT2D eigenvalue weighted by molar-refractivity contribution is 0.0696. The molecule has 9 heteroatoms. The maximum atomic E-state index is 13.2. The van der Waals surface area contributed by atoms with Gasteiger partial charge in [0.1, 0.15) is 11.6 Å². The maximum Gasteiger partial charge on any atom is 0.337 e. The van der Waals surface area contributed by atoms with Crippen molar-refractivity contribution in [2.45, 2.75) is 56.3 Å². The highest BCUT2D eigenvalue weighted by atomic mass is 16.5. The standard InChI is InChI=1S/C24H29N3O6/c1-33-21-4-2-3-19(20(21)11-18(29)13-28)23(30)26-15-9-16-6-7-17(10-15)27(16)22-8-5-14(12-25-22)24(31)32/h2-5,8,12,15-18,28-29H,6-7,9-11,13H2,1H3,(H,26,30)(H,31,32). The zero-order valence-electron chi connectivity index (χ0n) is 18.5. The fourth-order valence-corrected chi connectivity index (χ4v) is 5.08. The lowest BCUT2D eigenvalue weighted by atomic mass is 9.95. The van der Waals surface area contributed by atoms with Crippen LogP contribution >= 0.6 is 0 Å². The number of aliphatic hydroxyl groups is 2. The molecule has 2 aliphatic heterocycles. The molecule has 3 atom stereocenters. The van der Waals surface area contributed by atoms with Gasteiger partial charge in [-0.3, -0.25) is 4.79 Å². The van der Waals surface area contributed by atoms with Crippen LogP contribution in [0.15, 0.2) is 36.5 Å². The van der Waals surface area contributed by atoms with Gasteiger partial charge in [-0.05, 0) is 49.9 Å². The summed E-state index contributed by atoms with van der Waals surface area (Å²) in [5, 5.41) is 31.4. The Labute approximate surface area is 192 Å². The average molecular weight is 456 g/mol. The zero-order valence-corrected chi connectivity index (χ0v) is 18.5. The van der Waals surface area contributed by atoms with Crippen LogP contribution in [0.4, 0.5) is 5.82 Å². The summed E-state index contributed by atoms with van der Waals surface area (Å²) in [4.78, 5) is 30.9. The largest absolute Gasteiger partial charge is 0.496 e. The van der Waals surface area contributed by atoms with Crippen molar-refractivity contribution < 1.29 is 29.6 Å². The summed E-state index contributed by atoms with van der Waals surface area (Å²) in [7, 11) is 1.51. The molecular weight excluding hydrogens is 426 g/mol. The van der Waals surface area contributed by atoms with Crippen molar-refractivity contribution >= 4 is 17.7 Å². The number of aromatic nitrogens is 1. The molecule has 2 saturated heterocycles. The molecular formula is C24H29N3O6. The number of benzene rings is 1. The predicted molar refractivity (Wildman–Crippen MR) is 121 cm³/mol. The molecule has 4 N–H and O–H groups in total. The Morgan fingerprint density at radius 2 is 1.94 bits per heavy atom. The van der Waals surface area contributed by atoms with E-state index in [2.05, 4.69) is 15.2 Å². The molecule has 2 aromatic rings. The number of amides is 1. The monoisotopic (exact) mass is 455 g/mol. The van der Waals surface area contributed by atoms with E-state index in [9.17, 15) is 19.8 Å². The Morgan fingerprint density at radius 3 is 2.52 bits per heavy atom. The van der Waals surface area contributed by atoms with Gasteiger partial charge in [0.15, 0.2) is 0 Å². The van der Waals surface area contributed by atoms with Gasteiger partial charge in [0.2, 0.25) is 0 Å². The highest BCUT2D eigenvalue weighted by Gasteiger charge is 2.42. The third kappa shape index (κ3) is 4.79. The molecule has 2 fully saturated rings. The molecule has 4 rings (SSSR count). The molecule has 9 nitrogen and oxygen atoms in total. The summed E-state index contributed by atoms with van der Waals surface area (Å²) < 4.78 is 5.38. The van der Waals surface area contributed by atoms with E-state index >= 15 is 0 Å². The van der Waals surface area contributed by atoms with Gasteiger partial charge in [0.05, 0.1) is 25.4 Å². The van der Waals surface area contributed by atoms with E-state index in [4.69, 9.17) is 9.84 Å². The number of nitrogens with zero attached hydrogens (tertiary/aromatic N) is 2. The van der Waals surface area contributed by atoms with Gasteiger partial charge in [0.25, 0.3) is 5.91 Å². The van der Waals surface area contributed by atoms with Crippen LogP contribution in [-0.2, 0) is 6.42 Å². The van der Waals surface area contributed by atoms with E-state index in [1.807, 2.05) is 0 Å². The highest BCUT2D eigenvalue weighted by molar-refractivity contribution is 5.96. The quantitative estimate of drug-likeness (QED) is 0.472. The zero-order chi connectivity index (χ0) is 23.5. The van der Waals surface area contributed by atoms with Crippen LogP contribution in [-0.4, -0.2) is 70.1 Å². The lowest BCUT2D eigenvalue weighted by Crippen LogP contribution is -2.51. The maximum absolute atomic E-state index is 13.2. The number of anilines is 1. The molecule has 1 aromatic carbocycles. The molecule has 0 aliphatic carbocycles. The van der Waals surface area contributed by atoms with E-state index in [0.717, 1.165) is 31.5 Å². The molecule has 2 bridgehead atoms. The number of hydrogen-bond donors (Lipinski definition) is 4. The van der Waals surface area contributed by atoms with Crippen molar-refractivity contribution in [2.75, 3.05) is 18.6 Å². The van der Waals surface area contributed by atoms with Crippen molar-refractivity contribution in [3.63, 3.8) is 0 Å². The van der Waals surface area contributed by atoms with E-state index in [1.165, 1.54) is 13.3 Å². The number of hydrogen-bond acceptors (Lipinski definition) is 7. The number of fused-ring (bicyclic) bond motifs is 2. The minimum atomic E-state index is -0.998. The highest BCUT2D eigenvalue weighted by Crippen LogP contribution is 2.38.